The molecule has 26 heavy (non-hydrogen) atoms. The number of para-hydroxylation sites is 1. The van der Waals surface area contributed by atoms with Gasteiger partial charge in [-0.2, -0.15) is 0 Å². The quantitative estimate of drug-likeness (QED) is 0.557. The molecular weight excluding hydrogens is 340 g/mol. The van der Waals surface area contributed by atoms with Gasteiger partial charge in [-0.25, -0.2) is 0 Å². The lowest BCUT2D eigenvalue weighted by Crippen LogP contribution is -2.41. The van der Waals surface area contributed by atoms with Crippen LogP contribution in [0.25, 0.3) is 0 Å². The predicted octanol–water partition coefficient (Wildman–Crippen LogP) is 2.02. The second-order valence-electron chi connectivity index (χ2n) is 5.16. The van der Waals surface area contributed by atoms with E-state index in [1.165, 1.54) is 36.4 Å². The molecule has 0 atom stereocenters. The van der Waals surface area contributed by atoms with E-state index < -0.39 is 16.7 Å². The lowest BCUT2D eigenvalue weighted by atomic mass is 10.1. The first-order valence-corrected chi connectivity index (χ1v) is 7.66. The summed E-state index contributed by atoms with van der Waals surface area (Å²) in [5.74, 6) is -1.57. The highest BCUT2D eigenvalue weighted by Crippen LogP contribution is 2.17. The first kappa shape index (κ1) is 18.6. The smallest absolute Gasteiger partial charge is 0.282 e. The number of nitro groups is 1. The SMILES string of the molecule is CCC(=O)Nc1ccc(C(=O)NNC(=O)c2ccccc2[N+](=O)[O-])cc1. The van der Waals surface area contributed by atoms with Crippen LogP contribution in [0.3, 0.4) is 0 Å². The zero-order chi connectivity index (χ0) is 19.1. The van der Waals surface area contributed by atoms with E-state index in [9.17, 15) is 24.5 Å². The van der Waals surface area contributed by atoms with Crippen molar-refractivity contribution in [3.63, 3.8) is 0 Å². The van der Waals surface area contributed by atoms with Crippen LogP contribution in [0.15, 0.2) is 48.5 Å². The second-order valence-corrected chi connectivity index (χ2v) is 5.16. The Balaban J connectivity index is 1.99. The van der Waals surface area contributed by atoms with Gasteiger partial charge in [0, 0.05) is 23.7 Å². The molecule has 0 fully saturated rings. The fourth-order valence-electron chi connectivity index (χ4n) is 2.03. The van der Waals surface area contributed by atoms with Crippen molar-refractivity contribution in [3.8, 4) is 0 Å². The predicted molar refractivity (Wildman–Crippen MR) is 93.4 cm³/mol. The number of nitro benzene ring substituents is 1. The van der Waals surface area contributed by atoms with E-state index in [1.807, 2.05) is 0 Å². The average molecular weight is 356 g/mol. The summed E-state index contributed by atoms with van der Waals surface area (Å²) in [5, 5.41) is 13.6. The molecule has 0 heterocycles. The van der Waals surface area contributed by atoms with Crippen molar-refractivity contribution in [2.45, 2.75) is 13.3 Å². The molecule has 9 nitrogen and oxygen atoms in total. The largest absolute Gasteiger partial charge is 0.326 e. The number of hydrogen-bond acceptors (Lipinski definition) is 5. The zero-order valence-corrected chi connectivity index (χ0v) is 13.8. The van der Waals surface area contributed by atoms with Crippen LogP contribution in [-0.2, 0) is 4.79 Å². The number of nitrogens with zero attached hydrogens (tertiary/aromatic N) is 1. The Labute approximate surface area is 148 Å². The molecule has 0 bridgehead atoms. The summed E-state index contributed by atoms with van der Waals surface area (Å²) in [4.78, 5) is 45.6. The molecule has 0 saturated heterocycles. The van der Waals surface area contributed by atoms with Gasteiger partial charge in [-0.1, -0.05) is 19.1 Å². The monoisotopic (exact) mass is 356 g/mol. The normalized spacial score (nSPS) is 9.88. The van der Waals surface area contributed by atoms with Gasteiger partial charge in [0.05, 0.1) is 4.92 Å². The number of amides is 3. The van der Waals surface area contributed by atoms with Crippen molar-refractivity contribution in [1.29, 1.82) is 0 Å². The van der Waals surface area contributed by atoms with E-state index in [0.29, 0.717) is 12.1 Å². The van der Waals surface area contributed by atoms with Crippen molar-refractivity contribution in [1.82, 2.24) is 10.9 Å². The molecule has 2 aromatic carbocycles. The molecule has 3 N–H and O–H groups in total. The van der Waals surface area contributed by atoms with E-state index in [-0.39, 0.29) is 22.7 Å². The minimum atomic E-state index is -0.808. The van der Waals surface area contributed by atoms with Crippen LogP contribution in [0.2, 0.25) is 0 Å². The maximum atomic E-state index is 12.0. The Hall–Kier alpha value is -3.75. The standard InChI is InChI=1S/C17H16N4O5/c1-2-15(22)18-12-9-7-11(8-10-12)16(23)19-20-17(24)13-5-3-4-6-14(13)21(25)26/h3-10H,2H2,1H3,(H,18,22)(H,19,23)(H,20,24). The number of hydrazine groups is 1. The lowest BCUT2D eigenvalue weighted by Gasteiger charge is -2.08. The number of nitrogens with one attached hydrogen (secondary N) is 3. The van der Waals surface area contributed by atoms with E-state index in [0.717, 1.165) is 0 Å². The number of hydrogen-bond donors (Lipinski definition) is 3. The number of anilines is 1. The van der Waals surface area contributed by atoms with Crippen molar-refractivity contribution in [2.24, 2.45) is 0 Å². The highest BCUT2D eigenvalue weighted by molar-refractivity contribution is 6.01. The van der Waals surface area contributed by atoms with Crippen molar-refractivity contribution in [2.75, 3.05) is 5.32 Å². The Kier molecular flexibility index (Phi) is 5.99. The maximum absolute atomic E-state index is 12.0. The highest BCUT2D eigenvalue weighted by atomic mass is 16.6. The minimum Gasteiger partial charge on any atom is -0.326 e. The zero-order valence-electron chi connectivity index (χ0n) is 13.8. The number of rotatable bonds is 5. The van der Waals surface area contributed by atoms with Gasteiger partial charge < -0.3 is 5.32 Å². The second kappa shape index (κ2) is 8.38. The third-order valence-corrected chi connectivity index (χ3v) is 3.39. The lowest BCUT2D eigenvalue weighted by molar-refractivity contribution is -0.385. The molecule has 0 aliphatic carbocycles. The fourth-order valence-corrected chi connectivity index (χ4v) is 2.03. The molecule has 2 rings (SSSR count). The molecule has 2 aromatic rings. The Morgan fingerprint density at radius 3 is 2.19 bits per heavy atom. The van der Waals surface area contributed by atoms with E-state index in [2.05, 4.69) is 16.2 Å². The van der Waals surface area contributed by atoms with Crippen LogP contribution in [0.4, 0.5) is 11.4 Å². The van der Waals surface area contributed by atoms with E-state index in [1.54, 1.807) is 19.1 Å². The molecule has 134 valence electrons. The fraction of sp³-hybridized carbons (Fsp3) is 0.118. The summed E-state index contributed by atoms with van der Waals surface area (Å²) in [6.07, 6.45) is 0.333. The van der Waals surface area contributed by atoms with E-state index in [4.69, 9.17) is 0 Å². The molecule has 3 amide bonds. The Morgan fingerprint density at radius 2 is 1.58 bits per heavy atom. The van der Waals surface area contributed by atoms with Crippen LogP contribution in [0, 0.1) is 10.1 Å². The van der Waals surface area contributed by atoms with Crippen molar-refractivity contribution >= 4 is 29.1 Å². The Bertz CT molecular complexity index is 848. The first-order chi connectivity index (χ1) is 12.4. The van der Waals surface area contributed by atoms with Crippen molar-refractivity contribution < 1.29 is 19.3 Å². The van der Waals surface area contributed by atoms with Gasteiger partial charge in [0.15, 0.2) is 0 Å². The van der Waals surface area contributed by atoms with E-state index >= 15 is 0 Å². The summed E-state index contributed by atoms with van der Waals surface area (Å²) in [6, 6.07) is 11.4. The molecule has 9 heteroatoms. The molecule has 0 spiro atoms. The summed E-state index contributed by atoms with van der Waals surface area (Å²) in [5.41, 5.74) is 4.56. The van der Waals surface area contributed by atoms with Crippen LogP contribution < -0.4 is 16.2 Å². The average Bonchev–Trinajstić information content (AvgIpc) is 2.66. The molecule has 0 radical (unpaired) electrons. The Morgan fingerprint density at radius 1 is 0.962 bits per heavy atom. The van der Waals surface area contributed by atoms with Gasteiger partial charge in [-0.15, -0.1) is 0 Å². The van der Waals surface area contributed by atoms with Gasteiger partial charge in [0.1, 0.15) is 5.56 Å². The number of carbonyl (C=O) groups excluding carboxylic acids is 3. The minimum absolute atomic E-state index is 0.154. The maximum Gasteiger partial charge on any atom is 0.282 e. The molecule has 0 aliphatic heterocycles. The summed E-state index contributed by atoms with van der Waals surface area (Å²) >= 11 is 0. The van der Waals surface area contributed by atoms with Gasteiger partial charge in [0.25, 0.3) is 17.5 Å². The molecule has 0 saturated carbocycles. The van der Waals surface area contributed by atoms with Gasteiger partial charge in [-0.3, -0.25) is 35.3 Å². The molecule has 0 aromatic heterocycles. The topological polar surface area (TPSA) is 130 Å². The molecule has 0 aliphatic rings. The van der Waals surface area contributed by atoms with Gasteiger partial charge in [0.2, 0.25) is 5.91 Å². The van der Waals surface area contributed by atoms with Crippen LogP contribution >= 0.6 is 0 Å². The van der Waals surface area contributed by atoms with Crippen molar-refractivity contribution in [3.05, 3.63) is 69.8 Å². The van der Waals surface area contributed by atoms with Crippen LogP contribution in [0.5, 0.6) is 0 Å². The molecular formula is C17H16N4O5. The third kappa shape index (κ3) is 4.63. The van der Waals surface area contributed by atoms with Crippen LogP contribution in [-0.4, -0.2) is 22.6 Å². The summed E-state index contributed by atoms with van der Waals surface area (Å²) < 4.78 is 0. The summed E-state index contributed by atoms with van der Waals surface area (Å²) in [7, 11) is 0. The van der Waals surface area contributed by atoms with Gasteiger partial charge in [-0.05, 0) is 30.3 Å². The first-order valence-electron chi connectivity index (χ1n) is 7.66. The number of benzene rings is 2. The highest BCUT2D eigenvalue weighted by Gasteiger charge is 2.19. The van der Waals surface area contributed by atoms with Gasteiger partial charge >= 0.3 is 0 Å². The molecule has 0 unspecified atom stereocenters. The number of carbonyl (C=O) groups is 3. The van der Waals surface area contributed by atoms with Crippen LogP contribution in [0.1, 0.15) is 34.1 Å². The third-order valence-electron chi connectivity index (χ3n) is 3.39. The summed E-state index contributed by atoms with van der Waals surface area (Å²) in [6.45, 7) is 1.72.